The summed E-state index contributed by atoms with van der Waals surface area (Å²) < 4.78 is 40.6. The van der Waals surface area contributed by atoms with Crippen LogP contribution in [0, 0.1) is 0 Å². The van der Waals surface area contributed by atoms with Crippen LogP contribution in [0.1, 0.15) is 60.4 Å². The van der Waals surface area contributed by atoms with Crippen LogP contribution >= 0.6 is 34.5 Å². The molecule has 0 aliphatic heterocycles. The van der Waals surface area contributed by atoms with Crippen LogP contribution in [0.4, 0.5) is 24.7 Å². The number of thiazole rings is 1. The molecule has 1 unspecified atom stereocenters. The van der Waals surface area contributed by atoms with E-state index in [4.69, 9.17) is 28.9 Å². The molecule has 196 valence electrons. The van der Waals surface area contributed by atoms with E-state index in [1.807, 2.05) is 0 Å². The SMILES string of the molecule is CC(CC(=O)c1ncnc(N)c1Cl)c1ncc(C(=O)Nc2cc(C(=O)N(C)C)c(Cl)c(C(F)(F)F)c2)s1. The standard InChI is InChI=1S/C22H19Cl2F3N6O3S/c1-9(4-13(34)17-16(24)18(28)31-8-30-17)20-29-7-14(37-20)19(35)32-10-5-11(21(36)33(2)3)15(23)12(6-10)22(25,26)27/h5-9H,4H2,1-3H3,(H,32,35)(H2,28,30,31). The third-order valence-corrected chi connectivity index (χ3v) is 7.02. The molecular weight excluding hydrogens is 556 g/mol. The lowest BCUT2D eigenvalue weighted by Crippen LogP contribution is -2.23. The van der Waals surface area contributed by atoms with Crippen molar-refractivity contribution in [2.45, 2.75) is 25.4 Å². The number of Topliss-reactive ketones (excluding diaryl/α,β-unsaturated/α-hetero) is 1. The number of carbonyl (C=O) groups excluding carboxylic acids is 3. The maximum Gasteiger partial charge on any atom is 0.417 e. The monoisotopic (exact) mass is 574 g/mol. The molecule has 0 radical (unpaired) electrons. The van der Waals surface area contributed by atoms with Gasteiger partial charge in [0.05, 0.1) is 27.4 Å². The van der Waals surface area contributed by atoms with Gasteiger partial charge in [0.1, 0.15) is 27.7 Å². The van der Waals surface area contributed by atoms with E-state index in [0.717, 1.165) is 28.6 Å². The van der Waals surface area contributed by atoms with Crippen LogP contribution in [0.2, 0.25) is 10.0 Å². The number of benzene rings is 1. The zero-order valence-corrected chi connectivity index (χ0v) is 21.8. The number of carbonyl (C=O) groups is 3. The van der Waals surface area contributed by atoms with Crippen molar-refractivity contribution in [2.75, 3.05) is 25.1 Å². The highest BCUT2D eigenvalue weighted by atomic mass is 35.5. The molecule has 1 aromatic carbocycles. The number of alkyl halides is 3. The van der Waals surface area contributed by atoms with E-state index in [-0.39, 0.29) is 33.5 Å². The fourth-order valence-corrected chi connectivity index (χ4v) is 4.52. The van der Waals surface area contributed by atoms with E-state index in [2.05, 4.69) is 20.3 Å². The molecule has 0 aliphatic rings. The molecule has 3 N–H and O–H groups in total. The number of nitrogens with zero attached hydrogens (tertiary/aromatic N) is 4. The van der Waals surface area contributed by atoms with Gasteiger partial charge in [-0.3, -0.25) is 14.4 Å². The molecule has 0 fully saturated rings. The van der Waals surface area contributed by atoms with E-state index < -0.39 is 45.8 Å². The van der Waals surface area contributed by atoms with Gasteiger partial charge in [-0.2, -0.15) is 13.2 Å². The van der Waals surface area contributed by atoms with Crippen LogP contribution in [0.25, 0.3) is 0 Å². The summed E-state index contributed by atoms with van der Waals surface area (Å²) in [5.74, 6) is -2.41. The zero-order valence-electron chi connectivity index (χ0n) is 19.5. The summed E-state index contributed by atoms with van der Waals surface area (Å²) >= 11 is 12.8. The van der Waals surface area contributed by atoms with E-state index in [0.29, 0.717) is 11.1 Å². The summed E-state index contributed by atoms with van der Waals surface area (Å²) in [4.78, 5) is 50.6. The number of rotatable bonds is 7. The van der Waals surface area contributed by atoms with Crippen molar-refractivity contribution in [2.24, 2.45) is 0 Å². The third kappa shape index (κ3) is 6.35. The van der Waals surface area contributed by atoms with Gasteiger partial charge in [-0.25, -0.2) is 15.0 Å². The maximum absolute atomic E-state index is 13.5. The van der Waals surface area contributed by atoms with Crippen LogP contribution < -0.4 is 11.1 Å². The molecule has 0 aliphatic carbocycles. The maximum atomic E-state index is 13.5. The molecule has 3 aromatic rings. The number of halogens is 5. The van der Waals surface area contributed by atoms with Crippen LogP contribution in [0.15, 0.2) is 24.7 Å². The van der Waals surface area contributed by atoms with Gasteiger partial charge in [0.25, 0.3) is 11.8 Å². The van der Waals surface area contributed by atoms with E-state index in [1.165, 1.54) is 20.3 Å². The number of anilines is 2. The number of ketones is 1. The number of nitrogen functional groups attached to an aromatic ring is 1. The van der Waals surface area contributed by atoms with Gasteiger partial charge in [-0.15, -0.1) is 11.3 Å². The highest BCUT2D eigenvalue weighted by molar-refractivity contribution is 7.13. The minimum atomic E-state index is -4.87. The molecule has 0 bridgehead atoms. The molecule has 0 saturated carbocycles. The summed E-state index contributed by atoms with van der Waals surface area (Å²) in [7, 11) is 2.71. The van der Waals surface area contributed by atoms with Crippen LogP contribution in [-0.2, 0) is 6.18 Å². The molecule has 2 heterocycles. The highest BCUT2D eigenvalue weighted by Gasteiger charge is 2.36. The summed E-state index contributed by atoms with van der Waals surface area (Å²) in [5, 5.41) is 1.94. The summed E-state index contributed by atoms with van der Waals surface area (Å²) in [5.41, 5.74) is 3.60. The Bertz CT molecular complexity index is 1380. The predicted octanol–water partition coefficient (Wildman–Crippen LogP) is 5.17. The number of aromatic nitrogens is 3. The topological polar surface area (TPSA) is 131 Å². The molecule has 0 saturated heterocycles. The Hall–Kier alpha value is -3.29. The lowest BCUT2D eigenvalue weighted by atomic mass is 10.0. The second kappa shape index (κ2) is 11.0. The van der Waals surface area contributed by atoms with Crippen molar-refractivity contribution >= 4 is 63.6 Å². The summed E-state index contributed by atoms with van der Waals surface area (Å²) in [6, 6.07) is 1.71. The Labute approximate surface area is 222 Å². The number of nitrogens with two attached hydrogens (primary N) is 1. The highest BCUT2D eigenvalue weighted by Crippen LogP contribution is 2.39. The Kier molecular flexibility index (Phi) is 8.40. The van der Waals surface area contributed by atoms with Crippen LogP contribution in [-0.4, -0.2) is 51.5 Å². The second-order valence-electron chi connectivity index (χ2n) is 8.05. The smallest absolute Gasteiger partial charge is 0.382 e. The van der Waals surface area contributed by atoms with Crippen LogP contribution in [0.3, 0.4) is 0 Å². The minimum Gasteiger partial charge on any atom is -0.382 e. The lowest BCUT2D eigenvalue weighted by molar-refractivity contribution is -0.137. The number of nitrogens with one attached hydrogen (secondary N) is 1. The van der Waals surface area contributed by atoms with Gasteiger partial charge in [0.15, 0.2) is 5.78 Å². The van der Waals surface area contributed by atoms with Gasteiger partial charge in [-0.05, 0) is 12.1 Å². The molecule has 9 nitrogen and oxygen atoms in total. The van der Waals surface area contributed by atoms with Crippen molar-refractivity contribution in [3.8, 4) is 0 Å². The van der Waals surface area contributed by atoms with Crippen molar-refractivity contribution in [1.29, 1.82) is 0 Å². The third-order valence-electron chi connectivity index (χ3n) is 5.01. The van der Waals surface area contributed by atoms with Crippen molar-refractivity contribution in [3.05, 3.63) is 61.4 Å². The first-order chi connectivity index (χ1) is 17.2. The number of amides is 2. The van der Waals surface area contributed by atoms with Gasteiger partial charge in [-0.1, -0.05) is 30.1 Å². The van der Waals surface area contributed by atoms with Crippen molar-refractivity contribution < 1.29 is 27.6 Å². The molecule has 37 heavy (non-hydrogen) atoms. The first-order valence-electron chi connectivity index (χ1n) is 10.4. The van der Waals surface area contributed by atoms with Gasteiger partial charge in [0.2, 0.25) is 0 Å². The first-order valence-corrected chi connectivity index (χ1v) is 12.0. The van der Waals surface area contributed by atoms with Crippen LogP contribution in [0.5, 0.6) is 0 Å². The molecule has 15 heteroatoms. The molecule has 3 rings (SSSR count). The number of hydrogen-bond acceptors (Lipinski definition) is 8. The quantitative estimate of drug-likeness (QED) is 0.372. The Balaban J connectivity index is 1.81. The van der Waals surface area contributed by atoms with Crippen molar-refractivity contribution in [3.63, 3.8) is 0 Å². The van der Waals surface area contributed by atoms with Gasteiger partial charge >= 0.3 is 6.18 Å². The zero-order chi connectivity index (χ0) is 27.7. The van der Waals surface area contributed by atoms with E-state index in [9.17, 15) is 27.6 Å². The number of hydrogen-bond donors (Lipinski definition) is 2. The fraction of sp³-hybridized carbons (Fsp3) is 0.273. The summed E-state index contributed by atoms with van der Waals surface area (Å²) in [6.07, 6.45) is -2.56. The fourth-order valence-electron chi connectivity index (χ4n) is 3.15. The second-order valence-corrected chi connectivity index (χ2v) is 9.87. The first kappa shape index (κ1) is 28.3. The summed E-state index contributed by atoms with van der Waals surface area (Å²) in [6.45, 7) is 1.70. The predicted molar refractivity (Wildman–Crippen MR) is 133 cm³/mol. The van der Waals surface area contributed by atoms with E-state index >= 15 is 0 Å². The minimum absolute atomic E-state index is 0.0350. The Morgan fingerprint density at radius 2 is 1.81 bits per heavy atom. The largest absolute Gasteiger partial charge is 0.417 e. The Morgan fingerprint density at radius 3 is 2.43 bits per heavy atom. The molecule has 2 amide bonds. The van der Waals surface area contributed by atoms with E-state index in [1.54, 1.807) is 6.92 Å². The average Bonchev–Trinajstić information content (AvgIpc) is 3.31. The Morgan fingerprint density at radius 1 is 1.14 bits per heavy atom. The van der Waals surface area contributed by atoms with Crippen molar-refractivity contribution in [1.82, 2.24) is 19.9 Å². The molecule has 2 aromatic heterocycles. The molecule has 1 atom stereocenters. The average molecular weight is 575 g/mol. The van der Waals surface area contributed by atoms with Gasteiger partial charge < -0.3 is 16.0 Å². The molecular formula is C22H19Cl2F3N6O3S. The normalized spacial score (nSPS) is 12.2. The lowest BCUT2D eigenvalue weighted by Gasteiger charge is -2.17. The van der Waals surface area contributed by atoms with Gasteiger partial charge in [0, 0.05) is 32.1 Å². The molecule has 0 spiro atoms.